The highest BCUT2D eigenvalue weighted by Crippen LogP contribution is 2.30. The first-order chi connectivity index (χ1) is 4.61. The van der Waals surface area contributed by atoms with Crippen LogP contribution in [0.5, 0.6) is 0 Å². The Kier molecular flexibility index (Phi) is 2.32. The van der Waals surface area contributed by atoms with E-state index in [0.717, 1.165) is 4.88 Å². The second-order valence-corrected chi connectivity index (χ2v) is 4.11. The summed E-state index contributed by atoms with van der Waals surface area (Å²) in [5.41, 5.74) is 0. The van der Waals surface area contributed by atoms with Gasteiger partial charge in [0.2, 0.25) is 0 Å². The minimum atomic E-state index is -0.296. The van der Waals surface area contributed by atoms with Crippen molar-refractivity contribution in [3.8, 4) is 0 Å². The quantitative estimate of drug-likeness (QED) is 0.616. The molecule has 0 aromatic carbocycles. The Hall–Kier alpha value is -0.0800. The summed E-state index contributed by atoms with van der Waals surface area (Å²) in [6.45, 7) is 4.03. The third kappa shape index (κ3) is 1.50. The monoisotopic (exact) mass is 178 g/mol. The normalized spacial score (nSPS) is 10.9. The Labute approximate surface area is 68.6 Å². The molecule has 0 spiro atoms. The van der Waals surface area contributed by atoms with E-state index in [0.29, 0.717) is 5.92 Å². The largest absolute Gasteiger partial charge is 0.204 e. The van der Waals surface area contributed by atoms with Crippen molar-refractivity contribution in [1.82, 2.24) is 0 Å². The van der Waals surface area contributed by atoms with Crippen LogP contribution in [0.1, 0.15) is 24.6 Å². The molecule has 10 heavy (non-hydrogen) atoms. The minimum Gasteiger partial charge on any atom is -0.204 e. The second kappa shape index (κ2) is 2.89. The highest BCUT2D eigenvalue weighted by molar-refractivity contribution is 7.16. The molecule has 0 fully saturated rings. The Bertz CT molecular complexity index is 210. The topological polar surface area (TPSA) is 0 Å². The van der Waals surface area contributed by atoms with Gasteiger partial charge in [0.05, 0.1) is 0 Å². The van der Waals surface area contributed by atoms with Crippen molar-refractivity contribution >= 4 is 22.9 Å². The molecule has 0 bridgehead atoms. The molecular formula is C7H8ClFS. The highest BCUT2D eigenvalue weighted by Gasteiger charge is 2.08. The molecular weight excluding hydrogens is 171 g/mol. The Balaban J connectivity index is 2.98. The van der Waals surface area contributed by atoms with Crippen LogP contribution in [0, 0.1) is 5.82 Å². The molecule has 0 amide bonds. The highest BCUT2D eigenvalue weighted by atomic mass is 35.5. The lowest BCUT2D eigenvalue weighted by Crippen LogP contribution is -1.78. The molecule has 0 unspecified atom stereocenters. The van der Waals surface area contributed by atoms with E-state index in [-0.39, 0.29) is 10.2 Å². The Morgan fingerprint density at radius 3 is 2.40 bits per heavy atom. The van der Waals surface area contributed by atoms with E-state index >= 15 is 0 Å². The molecule has 0 aliphatic carbocycles. The summed E-state index contributed by atoms with van der Waals surface area (Å²) >= 11 is 6.83. The molecule has 0 nitrogen and oxygen atoms in total. The predicted molar refractivity (Wildman–Crippen MR) is 43.4 cm³/mol. The average molecular weight is 179 g/mol. The average Bonchev–Trinajstić information content (AvgIpc) is 2.13. The number of hydrogen-bond donors (Lipinski definition) is 0. The van der Waals surface area contributed by atoms with Crippen LogP contribution >= 0.6 is 22.9 Å². The predicted octanol–water partition coefficient (Wildman–Crippen LogP) is 3.66. The summed E-state index contributed by atoms with van der Waals surface area (Å²) in [4.78, 5) is 1.00. The maximum atomic E-state index is 12.6. The summed E-state index contributed by atoms with van der Waals surface area (Å²) in [7, 11) is 0. The molecule has 0 aliphatic heterocycles. The van der Waals surface area contributed by atoms with Crippen LogP contribution in [0.25, 0.3) is 0 Å². The van der Waals surface area contributed by atoms with E-state index in [1.54, 1.807) is 0 Å². The third-order valence-corrected chi connectivity index (χ3v) is 2.84. The van der Waals surface area contributed by atoms with Gasteiger partial charge < -0.3 is 0 Å². The zero-order valence-corrected chi connectivity index (χ0v) is 7.39. The lowest BCUT2D eigenvalue weighted by molar-refractivity contribution is 0.631. The van der Waals surface area contributed by atoms with Gasteiger partial charge in [0, 0.05) is 4.88 Å². The summed E-state index contributed by atoms with van der Waals surface area (Å²) < 4.78 is 12.8. The van der Waals surface area contributed by atoms with Gasteiger partial charge in [-0.15, -0.1) is 11.3 Å². The van der Waals surface area contributed by atoms with E-state index in [2.05, 4.69) is 0 Å². The van der Waals surface area contributed by atoms with Gasteiger partial charge in [0.1, 0.15) is 4.34 Å². The molecule has 1 heterocycles. The molecule has 1 aromatic rings. The second-order valence-electron chi connectivity index (χ2n) is 2.43. The van der Waals surface area contributed by atoms with Crippen molar-refractivity contribution in [2.45, 2.75) is 19.8 Å². The van der Waals surface area contributed by atoms with Crippen molar-refractivity contribution < 1.29 is 4.39 Å². The molecule has 1 rings (SSSR count). The fourth-order valence-corrected chi connectivity index (χ4v) is 1.73. The van der Waals surface area contributed by atoms with Crippen molar-refractivity contribution in [3.63, 3.8) is 0 Å². The molecule has 56 valence electrons. The maximum absolute atomic E-state index is 12.6. The SMILES string of the molecule is CC(C)c1cc(F)c(Cl)s1. The fraction of sp³-hybridized carbons (Fsp3) is 0.429. The molecule has 0 N–H and O–H groups in total. The number of halogens is 2. The van der Waals surface area contributed by atoms with E-state index in [9.17, 15) is 4.39 Å². The van der Waals surface area contributed by atoms with Crippen molar-refractivity contribution in [2.75, 3.05) is 0 Å². The number of hydrogen-bond acceptors (Lipinski definition) is 1. The molecule has 0 saturated carbocycles. The van der Waals surface area contributed by atoms with Crippen LogP contribution in [-0.2, 0) is 0 Å². The molecule has 0 saturated heterocycles. The molecule has 0 atom stereocenters. The summed E-state index contributed by atoms with van der Waals surface area (Å²) in [5, 5.41) is 0. The number of thiophene rings is 1. The molecule has 0 aliphatic rings. The molecule has 0 radical (unpaired) electrons. The van der Waals surface area contributed by atoms with Crippen LogP contribution in [-0.4, -0.2) is 0 Å². The van der Waals surface area contributed by atoms with E-state index in [1.807, 2.05) is 13.8 Å². The first kappa shape index (κ1) is 8.02. The van der Waals surface area contributed by atoms with Crippen LogP contribution in [0.3, 0.4) is 0 Å². The fourth-order valence-electron chi connectivity index (χ4n) is 0.648. The third-order valence-electron chi connectivity index (χ3n) is 1.23. The van der Waals surface area contributed by atoms with Gasteiger partial charge in [0.25, 0.3) is 0 Å². The smallest absolute Gasteiger partial charge is 0.152 e. The Morgan fingerprint density at radius 1 is 1.60 bits per heavy atom. The number of rotatable bonds is 1. The van der Waals surface area contributed by atoms with E-state index < -0.39 is 0 Å². The van der Waals surface area contributed by atoms with Crippen LogP contribution in [0.4, 0.5) is 4.39 Å². The first-order valence-electron chi connectivity index (χ1n) is 3.06. The Morgan fingerprint density at radius 2 is 2.20 bits per heavy atom. The van der Waals surface area contributed by atoms with Gasteiger partial charge in [-0.3, -0.25) is 0 Å². The van der Waals surface area contributed by atoms with Gasteiger partial charge in [-0.05, 0) is 12.0 Å². The standard InChI is InChI=1S/C7H8ClFS/c1-4(2)6-3-5(9)7(8)10-6/h3-4H,1-2H3. The van der Waals surface area contributed by atoms with Gasteiger partial charge in [0.15, 0.2) is 5.82 Å². The van der Waals surface area contributed by atoms with E-state index in [4.69, 9.17) is 11.6 Å². The van der Waals surface area contributed by atoms with Gasteiger partial charge in [-0.25, -0.2) is 4.39 Å². The first-order valence-corrected chi connectivity index (χ1v) is 4.25. The maximum Gasteiger partial charge on any atom is 0.152 e. The van der Waals surface area contributed by atoms with Crippen LogP contribution in [0.2, 0.25) is 4.34 Å². The van der Waals surface area contributed by atoms with Gasteiger partial charge in [-0.2, -0.15) is 0 Å². The van der Waals surface area contributed by atoms with Gasteiger partial charge >= 0.3 is 0 Å². The van der Waals surface area contributed by atoms with Crippen LogP contribution < -0.4 is 0 Å². The van der Waals surface area contributed by atoms with Crippen molar-refractivity contribution in [2.24, 2.45) is 0 Å². The summed E-state index contributed by atoms with van der Waals surface area (Å²) in [6, 6.07) is 1.50. The van der Waals surface area contributed by atoms with Gasteiger partial charge in [-0.1, -0.05) is 25.4 Å². The zero-order chi connectivity index (χ0) is 7.72. The van der Waals surface area contributed by atoms with Crippen molar-refractivity contribution in [1.29, 1.82) is 0 Å². The lowest BCUT2D eigenvalue weighted by atomic mass is 10.2. The lowest BCUT2D eigenvalue weighted by Gasteiger charge is -1.95. The van der Waals surface area contributed by atoms with Crippen molar-refractivity contribution in [3.05, 3.63) is 21.1 Å². The molecule has 3 heteroatoms. The summed E-state index contributed by atoms with van der Waals surface area (Å²) in [6.07, 6.45) is 0. The van der Waals surface area contributed by atoms with E-state index in [1.165, 1.54) is 17.4 Å². The van der Waals surface area contributed by atoms with Crippen LogP contribution in [0.15, 0.2) is 6.07 Å². The minimum absolute atomic E-state index is 0.267. The molecule has 1 aromatic heterocycles. The summed E-state index contributed by atoms with van der Waals surface area (Å²) in [5.74, 6) is 0.0716. The zero-order valence-electron chi connectivity index (χ0n) is 5.82.